The Kier molecular flexibility index (Phi) is 2.36. The van der Waals surface area contributed by atoms with Crippen LogP contribution in [0.25, 0.3) is 0 Å². The third-order valence-corrected chi connectivity index (χ3v) is 1.56. The zero-order valence-electron chi connectivity index (χ0n) is 6.73. The molecule has 4 N–H and O–H groups in total. The zero-order chi connectivity index (χ0) is 10.1. The van der Waals surface area contributed by atoms with E-state index in [1.54, 1.807) is 0 Å². The van der Waals surface area contributed by atoms with Crippen LogP contribution in [0.3, 0.4) is 0 Å². The van der Waals surface area contributed by atoms with Crippen LogP contribution >= 0.6 is 0 Å². The van der Waals surface area contributed by atoms with Crippen molar-refractivity contribution in [3.63, 3.8) is 0 Å². The average molecular weight is 190 g/mol. The van der Waals surface area contributed by atoms with Gasteiger partial charge in [0.15, 0.2) is 0 Å². The summed E-state index contributed by atoms with van der Waals surface area (Å²) in [4.78, 5) is 0. The maximum Gasteiger partial charge on any atom is 0.393 e. The molecular weight excluding hydrogens is 181 g/mol. The molecule has 0 unspecified atom stereocenters. The third-order valence-electron chi connectivity index (χ3n) is 1.56. The largest absolute Gasteiger partial charge is 0.397 e. The van der Waals surface area contributed by atoms with E-state index in [1.165, 1.54) is 18.2 Å². The molecule has 0 aliphatic carbocycles. The maximum absolute atomic E-state index is 11.9. The van der Waals surface area contributed by atoms with Gasteiger partial charge in [0.1, 0.15) is 0 Å². The van der Waals surface area contributed by atoms with Gasteiger partial charge in [-0.2, -0.15) is 13.2 Å². The fraction of sp³-hybridized carbons (Fsp3) is 0.250. The Balaban J connectivity index is 2.86. The Morgan fingerprint density at radius 1 is 1.08 bits per heavy atom. The summed E-state index contributed by atoms with van der Waals surface area (Å²) in [5, 5.41) is 0. The van der Waals surface area contributed by atoms with Gasteiger partial charge >= 0.3 is 6.18 Å². The number of nitrogen functional groups attached to an aromatic ring is 2. The van der Waals surface area contributed by atoms with Gasteiger partial charge in [-0.3, -0.25) is 0 Å². The number of halogens is 3. The van der Waals surface area contributed by atoms with Crippen molar-refractivity contribution in [1.82, 2.24) is 0 Å². The summed E-state index contributed by atoms with van der Waals surface area (Å²) >= 11 is 0. The molecule has 0 radical (unpaired) electrons. The summed E-state index contributed by atoms with van der Waals surface area (Å²) < 4.78 is 35.7. The van der Waals surface area contributed by atoms with E-state index in [-0.39, 0.29) is 11.3 Å². The number of anilines is 2. The van der Waals surface area contributed by atoms with Gasteiger partial charge in [0.25, 0.3) is 0 Å². The van der Waals surface area contributed by atoms with Crippen LogP contribution in [0.15, 0.2) is 18.2 Å². The molecule has 0 amide bonds. The SMILES string of the molecule is Nc1ccc(CC(F)(F)F)cc1N. The van der Waals surface area contributed by atoms with Crippen molar-refractivity contribution in [3.05, 3.63) is 23.8 Å². The van der Waals surface area contributed by atoms with Crippen LogP contribution in [0.5, 0.6) is 0 Å². The fourth-order valence-corrected chi connectivity index (χ4v) is 0.966. The molecule has 0 aliphatic heterocycles. The first-order valence-corrected chi connectivity index (χ1v) is 3.59. The molecule has 0 fully saturated rings. The highest BCUT2D eigenvalue weighted by molar-refractivity contribution is 5.63. The van der Waals surface area contributed by atoms with Crippen molar-refractivity contribution in [3.8, 4) is 0 Å². The standard InChI is InChI=1S/C8H9F3N2/c9-8(10,11)4-5-1-2-6(12)7(13)3-5/h1-3H,4,12-13H2. The lowest BCUT2D eigenvalue weighted by Crippen LogP contribution is -2.11. The molecule has 5 heteroatoms. The van der Waals surface area contributed by atoms with Gasteiger partial charge < -0.3 is 11.5 Å². The quantitative estimate of drug-likeness (QED) is 0.665. The molecule has 0 atom stereocenters. The lowest BCUT2D eigenvalue weighted by atomic mass is 10.1. The molecule has 0 bridgehead atoms. The number of alkyl halides is 3. The van der Waals surface area contributed by atoms with Crippen LogP contribution in [0.1, 0.15) is 5.56 Å². The summed E-state index contributed by atoms with van der Waals surface area (Å²) in [7, 11) is 0. The van der Waals surface area contributed by atoms with E-state index < -0.39 is 12.6 Å². The van der Waals surface area contributed by atoms with Gasteiger partial charge in [-0.05, 0) is 17.7 Å². The second kappa shape index (κ2) is 3.16. The average Bonchev–Trinajstić information content (AvgIpc) is 1.94. The maximum atomic E-state index is 11.9. The van der Waals surface area contributed by atoms with Gasteiger partial charge in [-0.1, -0.05) is 6.07 Å². The normalized spacial score (nSPS) is 11.6. The Morgan fingerprint density at radius 2 is 1.69 bits per heavy atom. The molecular formula is C8H9F3N2. The minimum Gasteiger partial charge on any atom is -0.397 e. The van der Waals surface area contributed by atoms with Crippen LogP contribution < -0.4 is 11.5 Å². The smallest absolute Gasteiger partial charge is 0.393 e. The molecule has 0 aliphatic rings. The Hall–Kier alpha value is -1.39. The molecule has 1 aromatic carbocycles. The molecule has 0 heterocycles. The number of hydrogen-bond acceptors (Lipinski definition) is 2. The summed E-state index contributed by atoms with van der Waals surface area (Å²) in [6.07, 6.45) is -5.18. The molecule has 13 heavy (non-hydrogen) atoms. The topological polar surface area (TPSA) is 52.0 Å². The van der Waals surface area contributed by atoms with Crippen LogP contribution in [-0.2, 0) is 6.42 Å². The van der Waals surface area contributed by atoms with E-state index in [2.05, 4.69) is 0 Å². The van der Waals surface area contributed by atoms with E-state index >= 15 is 0 Å². The van der Waals surface area contributed by atoms with Crippen LogP contribution in [0, 0.1) is 0 Å². The molecule has 72 valence electrons. The van der Waals surface area contributed by atoms with Gasteiger partial charge in [0, 0.05) is 0 Å². The Labute approximate surface area is 73.3 Å². The number of benzene rings is 1. The number of hydrogen-bond donors (Lipinski definition) is 2. The minimum atomic E-state index is -4.21. The number of nitrogens with two attached hydrogens (primary N) is 2. The highest BCUT2D eigenvalue weighted by Gasteiger charge is 2.27. The molecule has 0 spiro atoms. The predicted molar refractivity (Wildman–Crippen MR) is 45.0 cm³/mol. The molecule has 0 saturated carbocycles. The molecule has 1 rings (SSSR count). The fourth-order valence-electron chi connectivity index (χ4n) is 0.966. The minimum absolute atomic E-state index is 0.124. The van der Waals surface area contributed by atoms with E-state index in [0.29, 0.717) is 5.69 Å². The van der Waals surface area contributed by atoms with Gasteiger partial charge in [-0.15, -0.1) is 0 Å². The summed E-state index contributed by atoms with van der Waals surface area (Å²) in [5.74, 6) is 0. The first-order valence-electron chi connectivity index (χ1n) is 3.59. The van der Waals surface area contributed by atoms with Crippen molar-refractivity contribution in [1.29, 1.82) is 0 Å². The molecule has 0 saturated heterocycles. The van der Waals surface area contributed by atoms with Gasteiger partial charge in [0.05, 0.1) is 17.8 Å². The van der Waals surface area contributed by atoms with Crippen molar-refractivity contribution in [2.45, 2.75) is 12.6 Å². The monoisotopic (exact) mass is 190 g/mol. The van der Waals surface area contributed by atoms with Crippen molar-refractivity contribution in [2.75, 3.05) is 11.5 Å². The highest BCUT2D eigenvalue weighted by Crippen LogP contribution is 2.24. The second-order valence-corrected chi connectivity index (χ2v) is 2.76. The first-order chi connectivity index (χ1) is 5.88. The zero-order valence-corrected chi connectivity index (χ0v) is 6.73. The van der Waals surface area contributed by atoms with Crippen LogP contribution in [0.4, 0.5) is 24.5 Å². The molecule has 1 aromatic rings. The number of rotatable bonds is 1. The Morgan fingerprint density at radius 3 is 2.15 bits per heavy atom. The van der Waals surface area contributed by atoms with Crippen molar-refractivity contribution >= 4 is 11.4 Å². The predicted octanol–water partition coefficient (Wildman–Crippen LogP) is 1.96. The van der Waals surface area contributed by atoms with Crippen LogP contribution in [-0.4, -0.2) is 6.18 Å². The molecule has 0 aromatic heterocycles. The van der Waals surface area contributed by atoms with E-state index in [9.17, 15) is 13.2 Å². The van der Waals surface area contributed by atoms with E-state index in [0.717, 1.165) is 0 Å². The Bertz CT molecular complexity index is 307. The van der Waals surface area contributed by atoms with Crippen LogP contribution in [0.2, 0.25) is 0 Å². The van der Waals surface area contributed by atoms with Crippen molar-refractivity contribution < 1.29 is 13.2 Å². The lowest BCUT2D eigenvalue weighted by Gasteiger charge is -2.07. The van der Waals surface area contributed by atoms with E-state index in [4.69, 9.17) is 11.5 Å². The summed E-state index contributed by atoms with van der Waals surface area (Å²) in [6, 6.07) is 3.93. The summed E-state index contributed by atoms with van der Waals surface area (Å²) in [6.45, 7) is 0. The van der Waals surface area contributed by atoms with E-state index in [1.807, 2.05) is 0 Å². The van der Waals surface area contributed by atoms with Gasteiger partial charge in [-0.25, -0.2) is 0 Å². The van der Waals surface area contributed by atoms with Crippen molar-refractivity contribution in [2.24, 2.45) is 0 Å². The van der Waals surface area contributed by atoms with Gasteiger partial charge in [0.2, 0.25) is 0 Å². The highest BCUT2D eigenvalue weighted by atomic mass is 19.4. The third kappa shape index (κ3) is 2.85. The lowest BCUT2D eigenvalue weighted by molar-refractivity contribution is -0.127. The second-order valence-electron chi connectivity index (χ2n) is 2.76. The summed E-state index contributed by atoms with van der Waals surface area (Å²) in [5.41, 5.74) is 11.3. The first kappa shape index (κ1) is 9.70. The molecule has 2 nitrogen and oxygen atoms in total.